The maximum absolute atomic E-state index is 12.7. The predicted molar refractivity (Wildman–Crippen MR) is 88.0 cm³/mol. The largest absolute Gasteiger partial charge is 0.343 e. The van der Waals surface area contributed by atoms with E-state index in [9.17, 15) is 4.79 Å². The Morgan fingerprint density at radius 3 is 2.19 bits per heavy atom. The molecule has 0 aliphatic heterocycles. The van der Waals surface area contributed by atoms with Crippen LogP contribution >= 0.6 is 0 Å². The Morgan fingerprint density at radius 2 is 1.67 bits per heavy atom. The highest BCUT2D eigenvalue weighted by atomic mass is 16.2. The molecule has 2 aliphatic carbocycles. The molecule has 0 aromatic carbocycles. The molecule has 21 heavy (non-hydrogen) atoms. The van der Waals surface area contributed by atoms with Gasteiger partial charge in [-0.15, -0.1) is 0 Å². The van der Waals surface area contributed by atoms with E-state index in [2.05, 4.69) is 13.8 Å². The van der Waals surface area contributed by atoms with Gasteiger partial charge in [0.1, 0.15) is 0 Å². The molecule has 3 heteroatoms. The summed E-state index contributed by atoms with van der Waals surface area (Å²) in [5.74, 6) is 0.326. The lowest BCUT2D eigenvalue weighted by Gasteiger charge is -2.41. The third kappa shape index (κ3) is 4.21. The van der Waals surface area contributed by atoms with E-state index in [0.29, 0.717) is 30.3 Å². The molecule has 0 spiro atoms. The number of carbonyl (C=O) groups excluding carboxylic acids is 1. The van der Waals surface area contributed by atoms with Crippen LogP contribution in [0.1, 0.15) is 78.1 Å². The highest BCUT2D eigenvalue weighted by Crippen LogP contribution is 2.40. The van der Waals surface area contributed by atoms with Crippen molar-refractivity contribution in [2.75, 3.05) is 13.6 Å². The maximum atomic E-state index is 12.7. The van der Waals surface area contributed by atoms with Crippen LogP contribution in [0.25, 0.3) is 0 Å². The number of carbonyl (C=O) groups is 1. The summed E-state index contributed by atoms with van der Waals surface area (Å²) in [5, 5.41) is 0. The topological polar surface area (TPSA) is 46.3 Å². The van der Waals surface area contributed by atoms with Crippen LogP contribution in [0.15, 0.2) is 0 Å². The molecule has 1 amide bonds. The zero-order valence-electron chi connectivity index (χ0n) is 14.3. The third-order valence-corrected chi connectivity index (χ3v) is 6.12. The lowest BCUT2D eigenvalue weighted by molar-refractivity contribution is -0.136. The van der Waals surface area contributed by atoms with Crippen LogP contribution in [0.4, 0.5) is 0 Å². The molecule has 2 rings (SSSR count). The Kier molecular flexibility index (Phi) is 5.34. The molecule has 0 heterocycles. The van der Waals surface area contributed by atoms with Gasteiger partial charge >= 0.3 is 0 Å². The van der Waals surface area contributed by atoms with Crippen LogP contribution in [0.3, 0.4) is 0 Å². The van der Waals surface area contributed by atoms with E-state index in [-0.39, 0.29) is 5.41 Å². The Balaban J connectivity index is 1.90. The predicted octanol–water partition coefficient (Wildman–Crippen LogP) is 3.71. The number of hydrogen-bond donors (Lipinski definition) is 1. The van der Waals surface area contributed by atoms with Gasteiger partial charge in [-0.2, -0.15) is 0 Å². The monoisotopic (exact) mass is 294 g/mol. The number of amides is 1. The average Bonchev–Trinajstić information content (AvgIpc) is 2.47. The molecule has 0 radical (unpaired) electrons. The van der Waals surface area contributed by atoms with Crippen molar-refractivity contribution < 1.29 is 4.79 Å². The third-order valence-electron chi connectivity index (χ3n) is 6.12. The molecule has 122 valence electrons. The first-order chi connectivity index (χ1) is 9.87. The first kappa shape index (κ1) is 16.8. The normalized spacial score (nSPS) is 25.5. The number of nitrogens with two attached hydrogens (primary N) is 1. The average molecular weight is 294 g/mol. The van der Waals surface area contributed by atoms with E-state index >= 15 is 0 Å². The Hall–Kier alpha value is -0.570. The van der Waals surface area contributed by atoms with Gasteiger partial charge < -0.3 is 10.6 Å². The zero-order valence-corrected chi connectivity index (χ0v) is 14.3. The van der Waals surface area contributed by atoms with Crippen LogP contribution in [-0.4, -0.2) is 30.4 Å². The smallest absolute Gasteiger partial charge is 0.223 e. The van der Waals surface area contributed by atoms with Gasteiger partial charge in [0.05, 0.1) is 0 Å². The molecule has 2 N–H and O–H groups in total. The molecular formula is C18H34N2O. The fraction of sp³-hybridized carbons (Fsp3) is 0.944. The molecule has 0 unspecified atom stereocenters. The zero-order chi connectivity index (χ0) is 15.5. The molecule has 0 saturated heterocycles. The second-order valence-corrected chi connectivity index (χ2v) is 8.34. The molecule has 2 aliphatic rings. The highest BCUT2D eigenvalue weighted by molar-refractivity contribution is 5.77. The van der Waals surface area contributed by atoms with E-state index in [1.54, 1.807) is 0 Å². The second kappa shape index (κ2) is 6.68. The van der Waals surface area contributed by atoms with Gasteiger partial charge in [0.15, 0.2) is 0 Å². The first-order valence-electron chi connectivity index (χ1n) is 8.83. The minimum Gasteiger partial charge on any atom is -0.343 e. The van der Waals surface area contributed by atoms with E-state index in [4.69, 9.17) is 5.73 Å². The molecule has 0 aromatic rings. The van der Waals surface area contributed by atoms with E-state index in [0.717, 1.165) is 25.7 Å². The molecule has 3 nitrogen and oxygen atoms in total. The van der Waals surface area contributed by atoms with Crippen molar-refractivity contribution in [3.63, 3.8) is 0 Å². The highest BCUT2D eigenvalue weighted by Gasteiger charge is 2.36. The van der Waals surface area contributed by atoms with Crippen LogP contribution in [0.2, 0.25) is 0 Å². The van der Waals surface area contributed by atoms with Gasteiger partial charge in [-0.3, -0.25) is 4.79 Å². The number of rotatable bonds is 4. The van der Waals surface area contributed by atoms with Crippen LogP contribution < -0.4 is 5.73 Å². The van der Waals surface area contributed by atoms with Crippen molar-refractivity contribution in [3.8, 4) is 0 Å². The van der Waals surface area contributed by atoms with Gasteiger partial charge in [0.2, 0.25) is 5.91 Å². The van der Waals surface area contributed by atoms with Crippen molar-refractivity contribution in [2.24, 2.45) is 16.6 Å². The molecular weight excluding hydrogens is 260 g/mol. The molecule has 0 aromatic heterocycles. The Labute approximate surface area is 130 Å². The summed E-state index contributed by atoms with van der Waals surface area (Å²) in [4.78, 5) is 14.7. The minimum absolute atomic E-state index is 0.0948. The standard InChI is InChI=1S/C18H34N2O/c1-17(2)11-7-15(8-12-17)20(3)16(21)13-18(14-19)9-5-4-6-10-18/h15H,4-14,19H2,1-3H3. The summed E-state index contributed by atoms with van der Waals surface area (Å²) in [7, 11) is 2.01. The van der Waals surface area contributed by atoms with Crippen LogP contribution in [0, 0.1) is 10.8 Å². The van der Waals surface area contributed by atoms with Gasteiger partial charge in [-0.05, 0) is 55.9 Å². The quantitative estimate of drug-likeness (QED) is 0.859. The van der Waals surface area contributed by atoms with Crippen molar-refractivity contribution in [1.29, 1.82) is 0 Å². The summed E-state index contributed by atoms with van der Waals surface area (Å²) in [5.41, 5.74) is 6.59. The molecule has 2 fully saturated rings. The first-order valence-corrected chi connectivity index (χ1v) is 8.83. The fourth-order valence-electron chi connectivity index (χ4n) is 4.18. The summed E-state index contributed by atoms with van der Waals surface area (Å²) in [6.45, 7) is 5.36. The van der Waals surface area contributed by atoms with Gasteiger partial charge in [0.25, 0.3) is 0 Å². The maximum Gasteiger partial charge on any atom is 0.223 e. The second-order valence-electron chi connectivity index (χ2n) is 8.34. The summed E-state index contributed by atoms with van der Waals surface area (Å²) >= 11 is 0. The Bertz CT molecular complexity index is 348. The minimum atomic E-state index is 0.0948. The number of hydrogen-bond acceptors (Lipinski definition) is 2. The summed E-state index contributed by atoms with van der Waals surface area (Å²) in [6, 6.07) is 0.448. The van der Waals surface area contributed by atoms with Crippen LogP contribution in [-0.2, 0) is 4.79 Å². The van der Waals surface area contributed by atoms with Crippen molar-refractivity contribution in [1.82, 2.24) is 4.90 Å². The van der Waals surface area contributed by atoms with Crippen LogP contribution in [0.5, 0.6) is 0 Å². The van der Waals surface area contributed by atoms with E-state index in [1.807, 2.05) is 11.9 Å². The fourth-order valence-corrected chi connectivity index (χ4v) is 4.18. The van der Waals surface area contributed by atoms with Gasteiger partial charge in [-0.1, -0.05) is 33.1 Å². The Morgan fingerprint density at radius 1 is 1.10 bits per heavy atom. The van der Waals surface area contributed by atoms with Crippen molar-refractivity contribution >= 4 is 5.91 Å². The summed E-state index contributed by atoms with van der Waals surface area (Å²) in [6.07, 6.45) is 11.5. The molecule has 0 bridgehead atoms. The van der Waals surface area contributed by atoms with E-state index in [1.165, 1.54) is 32.1 Å². The molecule has 2 saturated carbocycles. The lowest BCUT2D eigenvalue weighted by Crippen LogP contribution is -2.44. The van der Waals surface area contributed by atoms with Crippen molar-refractivity contribution in [2.45, 2.75) is 84.1 Å². The SMILES string of the molecule is CN(C(=O)CC1(CN)CCCCC1)C1CCC(C)(C)CC1. The van der Waals surface area contributed by atoms with E-state index < -0.39 is 0 Å². The number of nitrogens with zero attached hydrogens (tertiary/aromatic N) is 1. The molecule has 0 atom stereocenters. The van der Waals surface area contributed by atoms with Crippen molar-refractivity contribution in [3.05, 3.63) is 0 Å². The lowest BCUT2D eigenvalue weighted by atomic mass is 9.71. The summed E-state index contributed by atoms with van der Waals surface area (Å²) < 4.78 is 0. The van der Waals surface area contributed by atoms with Gasteiger partial charge in [0, 0.05) is 19.5 Å². The van der Waals surface area contributed by atoms with Gasteiger partial charge in [-0.25, -0.2) is 0 Å².